The third-order valence-electron chi connectivity index (χ3n) is 4.11. The number of halogens is 3. The van der Waals surface area contributed by atoms with Gasteiger partial charge in [-0.15, -0.1) is 0 Å². The fraction of sp³-hybridized carbons (Fsp3) is 0.222. The first-order valence-electron chi connectivity index (χ1n) is 8.53. The molecule has 11 heteroatoms. The second-order valence-corrected chi connectivity index (χ2v) is 6.50. The molecule has 0 aliphatic rings. The van der Waals surface area contributed by atoms with Gasteiger partial charge in [0.05, 0.1) is 11.1 Å². The number of alkyl halides is 3. The molecule has 2 aromatic heterocycles. The molecule has 1 amide bonds. The minimum absolute atomic E-state index is 0.155. The fourth-order valence-corrected chi connectivity index (χ4v) is 2.74. The maximum atomic E-state index is 12.9. The topological polar surface area (TPSA) is 87.6 Å². The number of pyridine rings is 1. The van der Waals surface area contributed by atoms with Crippen molar-refractivity contribution in [3.63, 3.8) is 0 Å². The molecule has 0 aliphatic heterocycles. The zero-order valence-electron chi connectivity index (χ0n) is 15.2. The molecule has 2 heterocycles. The summed E-state index contributed by atoms with van der Waals surface area (Å²) in [5.74, 6) is 0.427. The highest BCUT2D eigenvalue weighted by atomic mass is 32.1. The maximum absolute atomic E-state index is 12.9. The number of hydrogen-bond donors (Lipinski definition) is 3. The molecule has 0 radical (unpaired) electrons. The summed E-state index contributed by atoms with van der Waals surface area (Å²) in [4.78, 5) is 16.6. The van der Waals surface area contributed by atoms with Crippen LogP contribution in [0.4, 0.5) is 24.7 Å². The van der Waals surface area contributed by atoms with Crippen molar-refractivity contribution in [3.8, 4) is 0 Å². The third kappa shape index (κ3) is 4.99. The number of anilines is 2. The Morgan fingerprint density at radius 2 is 2.07 bits per heavy atom. The van der Waals surface area contributed by atoms with Crippen LogP contribution in [-0.4, -0.2) is 32.2 Å². The molecule has 0 saturated carbocycles. The van der Waals surface area contributed by atoms with Gasteiger partial charge in [0.25, 0.3) is 5.91 Å². The van der Waals surface area contributed by atoms with Crippen molar-refractivity contribution in [2.45, 2.75) is 12.6 Å². The number of benzene rings is 1. The molecule has 29 heavy (non-hydrogen) atoms. The smallest absolute Gasteiger partial charge is 0.351 e. The van der Waals surface area contributed by atoms with E-state index in [9.17, 15) is 18.0 Å². The van der Waals surface area contributed by atoms with Crippen LogP contribution >= 0.6 is 12.2 Å². The lowest BCUT2D eigenvalue weighted by atomic mass is 10.2. The first-order chi connectivity index (χ1) is 13.8. The molecular weight excluding hydrogens is 405 g/mol. The fourth-order valence-electron chi connectivity index (χ4n) is 2.58. The van der Waals surface area contributed by atoms with Crippen LogP contribution in [0.3, 0.4) is 0 Å². The molecule has 0 unspecified atom stereocenters. The van der Waals surface area contributed by atoms with Crippen LogP contribution < -0.4 is 10.6 Å². The average Bonchev–Trinajstić information content (AvgIpc) is 3.00. The number of amides is 1. The van der Waals surface area contributed by atoms with Gasteiger partial charge in [-0.1, -0.05) is 6.07 Å². The highest BCUT2D eigenvalue weighted by Crippen LogP contribution is 2.31. The Balaban J connectivity index is 1.71. The maximum Gasteiger partial charge on any atom is 0.416 e. The minimum atomic E-state index is -4.46. The lowest BCUT2D eigenvalue weighted by molar-refractivity contribution is -0.137. The molecule has 3 rings (SSSR count). The molecule has 0 fully saturated rings. The summed E-state index contributed by atoms with van der Waals surface area (Å²) in [6.07, 6.45) is -2.57. The molecule has 3 aromatic rings. The molecule has 7 nitrogen and oxygen atoms in total. The standard InChI is InChI=1S/C18H17F3N6OS/c1-27-14(25-26-17(27)29)7-9-23-16(28)13-6-3-8-22-15(13)24-12-5-2-4-11(10-12)18(19,20)21/h2-6,8,10H,7,9H2,1H3,(H,22,24)(H,23,28)(H,26,29). The van der Waals surface area contributed by atoms with Gasteiger partial charge < -0.3 is 15.2 Å². The number of nitrogens with zero attached hydrogens (tertiary/aromatic N) is 3. The Morgan fingerprint density at radius 3 is 2.76 bits per heavy atom. The van der Waals surface area contributed by atoms with Gasteiger partial charge in [-0.05, 0) is 42.5 Å². The summed E-state index contributed by atoms with van der Waals surface area (Å²) in [6.45, 7) is 0.296. The van der Waals surface area contributed by atoms with Gasteiger partial charge in [-0.3, -0.25) is 9.89 Å². The first-order valence-corrected chi connectivity index (χ1v) is 8.94. The summed E-state index contributed by atoms with van der Waals surface area (Å²) < 4.78 is 40.9. The molecule has 0 aliphatic carbocycles. The normalized spacial score (nSPS) is 11.3. The van der Waals surface area contributed by atoms with E-state index in [1.807, 2.05) is 0 Å². The van der Waals surface area contributed by atoms with E-state index in [2.05, 4.69) is 25.8 Å². The minimum Gasteiger partial charge on any atom is -0.351 e. The quantitative estimate of drug-likeness (QED) is 0.529. The van der Waals surface area contributed by atoms with E-state index in [1.54, 1.807) is 17.7 Å². The number of rotatable bonds is 6. The van der Waals surface area contributed by atoms with E-state index in [0.717, 1.165) is 12.1 Å². The van der Waals surface area contributed by atoms with Gasteiger partial charge >= 0.3 is 6.18 Å². The molecular formula is C18H17F3N6OS. The van der Waals surface area contributed by atoms with Crippen molar-refractivity contribution in [1.82, 2.24) is 25.1 Å². The summed E-state index contributed by atoms with van der Waals surface area (Å²) in [6, 6.07) is 7.79. The van der Waals surface area contributed by atoms with Gasteiger partial charge in [-0.25, -0.2) is 4.98 Å². The highest BCUT2D eigenvalue weighted by Gasteiger charge is 2.30. The van der Waals surface area contributed by atoms with Crippen molar-refractivity contribution in [3.05, 3.63) is 64.3 Å². The van der Waals surface area contributed by atoms with Gasteiger partial charge in [0, 0.05) is 31.9 Å². The number of nitrogens with one attached hydrogen (secondary N) is 3. The summed E-state index contributed by atoms with van der Waals surface area (Å²) >= 11 is 5.03. The molecule has 0 spiro atoms. The largest absolute Gasteiger partial charge is 0.416 e. The molecule has 152 valence electrons. The zero-order valence-corrected chi connectivity index (χ0v) is 16.1. The van der Waals surface area contributed by atoms with Crippen LogP contribution in [0, 0.1) is 4.77 Å². The lowest BCUT2D eigenvalue weighted by Crippen LogP contribution is -2.27. The molecule has 0 saturated heterocycles. The Kier molecular flexibility index (Phi) is 5.97. The Labute approximate surface area is 169 Å². The number of hydrogen-bond acceptors (Lipinski definition) is 5. The number of aromatic amines is 1. The number of carbonyl (C=O) groups is 1. The van der Waals surface area contributed by atoms with Gasteiger partial charge in [0.1, 0.15) is 11.6 Å². The number of aromatic nitrogens is 4. The van der Waals surface area contributed by atoms with E-state index in [-0.39, 0.29) is 17.1 Å². The van der Waals surface area contributed by atoms with Gasteiger partial charge in [-0.2, -0.15) is 18.3 Å². The van der Waals surface area contributed by atoms with Crippen LogP contribution in [0.1, 0.15) is 21.7 Å². The molecule has 3 N–H and O–H groups in total. The Bertz CT molecular complexity index is 1080. The van der Waals surface area contributed by atoms with Gasteiger partial charge in [0.15, 0.2) is 4.77 Å². The molecule has 0 bridgehead atoms. The Morgan fingerprint density at radius 1 is 1.28 bits per heavy atom. The summed E-state index contributed by atoms with van der Waals surface area (Å²) in [5.41, 5.74) is -0.410. The van der Waals surface area contributed by atoms with Crippen molar-refractivity contribution in [2.75, 3.05) is 11.9 Å². The van der Waals surface area contributed by atoms with E-state index >= 15 is 0 Å². The SMILES string of the molecule is Cn1c(CCNC(=O)c2cccnc2Nc2cccc(C(F)(F)F)c2)n[nH]c1=S. The van der Waals surface area contributed by atoms with Crippen LogP contribution in [0.15, 0.2) is 42.6 Å². The zero-order chi connectivity index (χ0) is 21.0. The van der Waals surface area contributed by atoms with Crippen LogP contribution in [0.25, 0.3) is 0 Å². The highest BCUT2D eigenvalue weighted by molar-refractivity contribution is 7.71. The van der Waals surface area contributed by atoms with Crippen molar-refractivity contribution >= 4 is 29.6 Å². The van der Waals surface area contributed by atoms with E-state index in [0.29, 0.717) is 23.6 Å². The summed E-state index contributed by atoms with van der Waals surface area (Å²) in [5, 5.41) is 12.3. The predicted molar refractivity (Wildman–Crippen MR) is 103 cm³/mol. The predicted octanol–water partition coefficient (Wildman–Crippen LogP) is 3.61. The van der Waals surface area contributed by atoms with Gasteiger partial charge in [0.2, 0.25) is 0 Å². The number of H-pyrrole nitrogens is 1. The average molecular weight is 422 g/mol. The second kappa shape index (κ2) is 8.43. The molecule has 1 aromatic carbocycles. The van der Waals surface area contributed by atoms with Crippen LogP contribution in [0.2, 0.25) is 0 Å². The summed E-state index contributed by atoms with van der Waals surface area (Å²) in [7, 11) is 1.77. The first kappa shape index (κ1) is 20.5. The van der Waals surface area contributed by atoms with Crippen LogP contribution in [-0.2, 0) is 19.6 Å². The monoisotopic (exact) mass is 422 g/mol. The van der Waals surface area contributed by atoms with Crippen molar-refractivity contribution < 1.29 is 18.0 Å². The van der Waals surface area contributed by atoms with Crippen molar-refractivity contribution in [1.29, 1.82) is 0 Å². The second-order valence-electron chi connectivity index (χ2n) is 6.11. The van der Waals surface area contributed by atoms with E-state index in [4.69, 9.17) is 12.2 Å². The Hall–Kier alpha value is -3.21. The molecule has 0 atom stereocenters. The lowest BCUT2D eigenvalue weighted by Gasteiger charge is -2.13. The van der Waals surface area contributed by atoms with E-state index in [1.165, 1.54) is 24.4 Å². The van der Waals surface area contributed by atoms with E-state index < -0.39 is 17.6 Å². The third-order valence-corrected chi connectivity index (χ3v) is 4.48. The van der Waals surface area contributed by atoms with Crippen LogP contribution in [0.5, 0.6) is 0 Å². The van der Waals surface area contributed by atoms with Crippen molar-refractivity contribution in [2.24, 2.45) is 7.05 Å². The number of carbonyl (C=O) groups excluding carboxylic acids is 1.